The fraction of sp³-hybridized carbons (Fsp3) is 0.833. The van der Waals surface area contributed by atoms with Gasteiger partial charge >= 0.3 is 0 Å². The lowest BCUT2D eigenvalue weighted by atomic mass is 10.0. The molecule has 0 bridgehead atoms. The van der Waals surface area contributed by atoms with Crippen LogP contribution in [-0.4, -0.2) is 41.3 Å². The number of rotatable bonds is 5. The number of thioether (sulfide) groups is 1. The van der Waals surface area contributed by atoms with Crippen LogP contribution in [0.25, 0.3) is 0 Å². The van der Waals surface area contributed by atoms with Crippen LogP contribution in [0.3, 0.4) is 0 Å². The van der Waals surface area contributed by atoms with Crippen molar-refractivity contribution in [2.24, 2.45) is 0 Å². The molecule has 0 spiro atoms. The lowest BCUT2D eigenvalue weighted by Gasteiger charge is -2.18. The first-order chi connectivity index (χ1) is 8.58. The van der Waals surface area contributed by atoms with Gasteiger partial charge < -0.3 is 14.6 Å². The SMILES string of the molecule is CCNC1CSCC1c1nc(C(C)(C)OC)no1. The quantitative estimate of drug-likeness (QED) is 0.880. The van der Waals surface area contributed by atoms with E-state index in [0.29, 0.717) is 17.8 Å². The number of nitrogens with one attached hydrogen (secondary N) is 1. The number of hydrogen-bond acceptors (Lipinski definition) is 6. The molecule has 5 nitrogen and oxygen atoms in total. The van der Waals surface area contributed by atoms with Gasteiger partial charge in [-0.15, -0.1) is 0 Å². The van der Waals surface area contributed by atoms with Crippen LogP contribution in [0.1, 0.15) is 38.4 Å². The zero-order valence-electron chi connectivity index (χ0n) is 11.4. The van der Waals surface area contributed by atoms with Crippen molar-refractivity contribution in [3.05, 3.63) is 11.7 Å². The van der Waals surface area contributed by atoms with E-state index in [2.05, 4.69) is 22.4 Å². The molecule has 6 heteroatoms. The molecule has 2 atom stereocenters. The Balaban J connectivity index is 2.14. The molecule has 2 unspecified atom stereocenters. The molecule has 1 aliphatic rings. The van der Waals surface area contributed by atoms with Crippen LogP contribution < -0.4 is 5.32 Å². The summed E-state index contributed by atoms with van der Waals surface area (Å²) in [5.74, 6) is 3.79. The van der Waals surface area contributed by atoms with Crippen LogP contribution >= 0.6 is 11.8 Å². The molecular weight excluding hydrogens is 250 g/mol. The molecule has 1 aromatic heterocycles. The van der Waals surface area contributed by atoms with Gasteiger partial charge in [0, 0.05) is 24.7 Å². The normalized spacial score (nSPS) is 24.7. The summed E-state index contributed by atoms with van der Waals surface area (Å²) >= 11 is 1.93. The minimum Gasteiger partial charge on any atom is -0.371 e. The van der Waals surface area contributed by atoms with Crippen LogP contribution in [0.4, 0.5) is 0 Å². The Bertz CT molecular complexity index is 394. The first-order valence-corrected chi connectivity index (χ1v) is 7.44. The fourth-order valence-electron chi connectivity index (χ4n) is 1.98. The summed E-state index contributed by atoms with van der Waals surface area (Å²) < 4.78 is 10.8. The summed E-state index contributed by atoms with van der Waals surface area (Å²) in [6.45, 7) is 6.96. The van der Waals surface area contributed by atoms with Crippen molar-refractivity contribution < 1.29 is 9.26 Å². The van der Waals surface area contributed by atoms with Crippen molar-refractivity contribution in [2.75, 3.05) is 25.2 Å². The summed E-state index contributed by atoms with van der Waals surface area (Å²) in [5.41, 5.74) is -0.499. The molecule has 1 aliphatic heterocycles. The van der Waals surface area contributed by atoms with Gasteiger partial charge in [0.05, 0.1) is 5.92 Å². The van der Waals surface area contributed by atoms with Crippen molar-refractivity contribution in [1.82, 2.24) is 15.5 Å². The Hall–Kier alpha value is -0.590. The molecule has 0 amide bonds. The van der Waals surface area contributed by atoms with Crippen LogP contribution in [0.2, 0.25) is 0 Å². The highest BCUT2D eigenvalue weighted by Crippen LogP contribution is 2.33. The Morgan fingerprint density at radius 2 is 2.28 bits per heavy atom. The molecule has 0 aliphatic carbocycles. The van der Waals surface area contributed by atoms with Crippen molar-refractivity contribution in [1.29, 1.82) is 0 Å². The zero-order valence-corrected chi connectivity index (χ0v) is 12.2. The molecule has 0 aromatic carbocycles. The van der Waals surface area contributed by atoms with Gasteiger partial charge in [-0.1, -0.05) is 12.1 Å². The van der Waals surface area contributed by atoms with E-state index in [4.69, 9.17) is 9.26 Å². The first kappa shape index (κ1) is 13.8. The highest BCUT2D eigenvalue weighted by Gasteiger charge is 2.35. The van der Waals surface area contributed by atoms with Crippen molar-refractivity contribution in [2.45, 2.75) is 38.3 Å². The molecule has 1 fully saturated rings. The van der Waals surface area contributed by atoms with Gasteiger partial charge in [0.1, 0.15) is 5.60 Å². The van der Waals surface area contributed by atoms with Crippen LogP contribution in [0.15, 0.2) is 4.52 Å². The second-order valence-corrected chi connectivity index (χ2v) is 6.05. The van der Waals surface area contributed by atoms with E-state index >= 15 is 0 Å². The van der Waals surface area contributed by atoms with E-state index < -0.39 is 5.60 Å². The van der Waals surface area contributed by atoms with E-state index in [1.807, 2.05) is 25.6 Å². The Kier molecular flexibility index (Phi) is 4.29. The number of methoxy groups -OCH3 is 1. The van der Waals surface area contributed by atoms with Crippen LogP contribution in [0.5, 0.6) is 0 Å². The van der Waals surface area contributed by atoms with Gasteiger partial charge in [0.2, 0.25) is 11.7 Å². The summed E-state index contributed by atoms with van der Waals surface area (Å²) in [7, 11) is 1.66. The summed E-state index contributed by atoms with van der Waals surface area (Å²) in [6, 6.07) is 0.430. The van der Waals surface area contributed by atoms with Gasteiger partial charge in [-0.25, -0.2) is 0 Å². The minimum atomic E-state index is -0.499. The second-order valence-electron chi connectivity index (χ2n) is 4.98. The average Bonchev–Trinajstić information content (AvgIpc) is 2.97. The number of hydrogen-bond donors (Lipinski definition) is 1. The number of likely N-dealkylation sites (N-methyl/N-ethyl adjacent to an activating group) is 1. The highest BCUT2D eigenvalue weighted by molar-refractivity contribution is 7.99. The Morgan fingerprint density at radius 1 is 1.50 bits per heavy atom. The summed E-state index contributed by atoms with van der Waals surface area (Å²) in [6.07, 6.45) is 0. The van der Waals surface area contributed by atoms with E-state index in [0.717, 1.165) is 23.9 Å². The van der Waals surface area contributed by atoms with Gasteiger partial charge in [-0.05, 0) is 20.4 Å². The van der Waals surface area contributed by atoms with Crippen molar-refractivity contribution >= 4 is 11.8 Å². The Morgan fingerprint density at radius 3 is 2.94 bits per heavy atom. The third-order valence-electron chi connectivity index (χ3n) is 3.35. The second kappa shape index (κ2) is 5.59. The van der Waals surface area contributed by atoms with Crippen LogP contribution in [0, 0.1) is 0 Å². The number of nitrogens with zero attached hydrogens (tertiary/aromatic N) is 2. The maximum absolute atomic E-state index is 5.42. The van der Waals surface area contributed by atoms with E-state index in [1.165, 1.54) is 0 Å². The maximum atomic E-state index is 5.42. The molecular formula is C12H21N3O2S. The van der Waals surface area contributed by atoms with Crippen LogP contribution in [-0.2, 0) is 10.3 Å². The zero-order chi connectivity index (χ0) is 13.2. The minimum absolute atomic E-state index is 0.309. The molecule has 2 rings (SSSR count). The largest absolute Gasteiger partial charge is 0.371 e. The predicted molar refractivity (Wildman–Crippen MR) is 71.9 cm³/mol. The molecule has 0 saturated carbocycles. The monoisotopic (exact) mass is 271 g/mol. The Labute approximate surface area is 112 Å². The molecule has 18 heavy (non-hydrogen) atoms. The average molecular weight is 271 g/mol. The van der Waals surface area contributed by atoms with E-state index in [1.54, 1.807) is 7.11 Å². The van der Waals surface area contributed by atoms with Gasteiger partial charge in [-0.2, -0.15) is 16.7 Å². The third kappa shape index (κ3) is 2.70. The first-order valence-electron chi connectivity index (χ1n) is 6.29. The molecule has 102 valence electrons. The lowest BCUT2D eigenvalue weighted by molar-refractivity contribution is 0.00973. The van der Waals surface area contributed by atoms with E-state index in [9.17, 15) is 0 Å². The smallest absolute Gasteiger partial charge is 0.232 e. The third-order valence-corrected chi connectivity index (χ3v) is 4.54. The molecule has 1 saturated heterocycles. The van der Waals surface area contributed by atoms with E-state index in [-0.39, 0.29) is 0 Å². The lowest BCUT2D eigenvalue weighted by Crippen LogP contribution is -2.34. The molecule has 1 aromatic rings. The van der Waals surface area contributed by atoms with Crippen molar-refractivity contribution in [3.63, 3.8) is 0 Å². The highest BCUT2D eigenvalue weighted by atomic mass is 32.2. The summed E-state index contributed by atoms with van der Waals surface area (Å²) in [4.78, 5) is 4.51. The summed E-state index contributed by atoms with van der Waals surface area (Å²) in [5, 5.41) is 7.52. The van der Waals surface area contributed by atoms with Gasteiger partial charge in [0.25, 0.3) is 0 Å². The molecule has 1 N–H and O–H groups in total. The maximum Gasteiger partial charge on any atom is 0.232 e. The molecule has 2 heterocycles. The fourth-order valence-corrected chi connectivity index (χ4v) is 3.35. The predicted octanol–water partition coefficient (Wildman–Crippen LogP) is 1.76. The van der Waals surface area contributed by atoms with Gasteiger partial charge in [-0.3, -0.25) is 0 Å². The van der Waals surface area contributed by atoms with Crippen molar-refractivity contribution in [3.8, 4) is 0 Å². The van der Waals surface area contributed by atoms with Gasteiger partial charge in [0.15, 0.2) is 0 Å². The number of aromatic nitrogens is 2. The standard InChI is InChI=1S/C12H21N3O2S/c1-5-13-9-7-18-6-8(9)10-14-11(15-17-10)12(2,3)16-4/h8-9,13H,5-7H2,1-4H3. The topological polar surface area (TPSA) is 60.2 Å². The molecule has 0 radical (unpaired) electrons. The number of ether oxygens (including phenoxy) is 1.